The molecule has 22 nitrogen and oxygen atoms in total. The number of amides is 5. The molecule has 0 spiro atoms. The maximum absolute atomic E-state index is 13.9. The van der Waals surface area contributed by atoms with Crippen LogP contribution in [-0.4, -0.2) is 126 Å². The summed E-state index contributed by atoms with van der Waals surface area (Å²) >= 11 is 0. The average Bonchev–Trinajstić information content (AvgIpc) is 4.06. The van der Waals surface area contributed by atoms with Crippen molar-refractivity contribution in [1.29, 1.82) is 0 Å². The lowest BCUT2D eigenvalue weighted by molar-refractivity contribution is -0.124. The largest absolute Gasteiger partial charge is 0.491 e. The summed E-state index contributed by atoms with van der Waals surface area (Å²) in [5.41, 5.74) is 15.8. The Bertz CT molecular complexity index is 2870. The lowest BCUT2D eigenvalue weighted by Gasteiger charge is -2.38. The van der Waals surface area contributed by atoms with Crippen LogP contribution in [0.1, 0.15) is 92.2 Å². The summed E-state index contributed by atoms with van der Waals surface area (Å²) in [5, 5.41) is 17.8. The molecule has 1 saturated heterocycles. The Morgan fingerprint density at radius 2 is 1.42 bits per heavy atom. The van der Waals surface area contributed by atoms with Crippen LogP contribution >= 0.6 is 0 Å². The van der Waals surface area contributed by atoms with Gasteiger partial charge in [-0.25, -0.2) is 9.97 Å². The Morgan fingerprint density at radius 3 is 2.04 bits per heavy atom. The van der Waals surface area contributed by atoms with E-state index >= 15 is 0 Å². The fourth-order valence-electron chi connectivity index (χ4n) is 8.80. The number of aromatic nitrogens is 8. The molecule has 6 heterocycles. The summed E-state index contributed by atoms with van der Waals surface area (Å²) < 4.78 is 24.7. The summed E-state index contributed by atoms with van der Waals surface area (Å²) in [6.07, 6.45) is 1.41. The number of imidazole rings is 2. The first-order valence-corrected chi connectivity index (χ1v) is 22.4. The van der Waals surface area contributed by atoms with Gasteiger partial charge in [0.2, 0.25) is 29.6 Å². The van der Waals surface area contributed by atoms with Crippen LogP contribution in [0.3, 0.4) is 0 Å². The van der Waals surface area contributed by atoms with Crippen LogP contribution in [0.4, 0.5) is 11.9 Å². The molecule has 0 saturated carbocycles. The first-order chi connectivity index (χ1) is 32.2. The van der Waals surface area contributed by atoms with E-state index in [1.54, 1.807) is 59.8 Å². The van der Waals surface area contributed by atoms with Gasteiger partial charge in [-0.15, -0.1) is 0 Å². The molecule has 2 aliphatic rings. The SMILES string of the molecule is CCn1nc(C)cc1C(=O)Nc1nc2cc(C(N)=O)cc(OCCCNC(=O)CN3CC(COC)C3)c2n1CCC[C@H]1COc2cc(C(N)=O)cc3nc(NC(=O)c4cc(C)nn4CC)n1c23. The Kier molecular flexibility index (Phi) is 13.5. The number of rotatable bonds is 21. The number of fused-ring (bicyclic) bond motifs is 1. The number of carbonyl (C=O) groups is 5. The molecule has 0 radical (unpaired) electrons. The number of ether oxygens (including phenoxy) is 3. The number of nitrogens with two attached hydrogens (primary N) is 2. The van der Waals surface area contributed by atoms with E-state index in [0.717, 1.165) is 13.1 Å². The van der Waals surface area contributed by atoms with Gasteiger partial charge in [-0.1, -0.05) is 0 Å². The average molecular weight is 921 g/mol. The number of hydrogen-bond acceptors (Lipinski definition) is 13. The molecule has 0 bridgehead atoms. The van der Waals surface area contributed by atoms with Crippen LogP contribution in [0.25, 0.3) is 22.1 Å². The lowest BCUT2D eigenvalue weighted by Crippen LogP contribution is -2.52. The number of carbonyl (C=O) groups excluding carboxylic acids is 5. The zero-order valence-corrected chi connectivity index (χ0v) is 38.3. The van der Waals surface area contributed by atoms with E-state index in [4.69, 9.17) is 35.6 Å². The van der Waals surface area contributed by atoms with Gasteiger partial charge in [0.1, 0.15) is 40.5 Å². The molecular weight excluding hydrogens is 865 g/mol. The van der Waals surface area contributed by atoms with Crippen molar-refractivity contribution in [3.63, 3.8) is 0 Å². The van der Waals surface area contributed by atoms with Gasteiger partial charge in [0.25, 0.3) is 11.8 Å². The predicted octanol–water partition coefficient (Wildman–Crippen LogP) is 3.02. The van der Waals surface area contributed by atoms with Gasteiger partial charge in [-0.3, -0.25) is 48.9 Å². The third-order valence-electron chi connectivity index (χ3n) is 11.9. The molecule has 0 aliphatic carbocycles. The van der Waals surface area contributed by atoms with Crippen LogP contribution in [0.5, 0.6) is 11.5 Å². The first-order valence-electron chi connectivity index (χ1n) is 22.4. The molecule has 67 heavy (non-hydrogen) atoms. The molecule has 4 aromatic heterocycles. The quantitative estimate of drug-likeness (QED) is 0.0651. The third kappa shape index (κ3) is 9.80. The summed E-state index contributed by atoms with van der Waals surface area (Å²) in [6, 6.07) is 9.28. The Hall–Kier alpha value is -7.33. The van der Waals surface area contributed by atoms with Gasteiger partial charge in [0.15, 0.2) is 0 Å². The number of benzene rings is 2. The number of nitrogens with zero attached hydrogens (tertiary/aromatic N) is 9. The second-order valence-corrected chi connectivity index (χ2v) is 16.9. The highest BCUT2D eigenvalue weighted by atomic mass is 16.5. The molecular formula is C45H56N14O8. The second kappa shape index (κ2) is 19.6. The number of hydrogen-bond donors (Lipinski definition) is 5. The molecule has 1 fully saturated rings. The van der Waals surface area contributed by atoms with Gasteiger partial charge in [0, 0.05) is 63.4 Å². The molecule has 354 valence electrons. The van der Waals surface area contributed by atoms with Crippen molar-refractivity contribution < 1.29 is 38.2 Å². The molecule has 8 rings (SSSR count). The zero-order valence-electron chi connectivity index (χ0n) is 38.3. The van der Waals surface area contributed by atoms with Crippen LogP contribution < -0.4 is 36.9 Å². The van der Waals surface area contributed by atoms with Gasteiger partial charge >= 0.3 is 0 Å². The predicted molar refractivity (Wildman–Crippen MR) is 246 cm³/mol. The maximum Gasteiger partial charge on any atom is 0.276 e. The second-order valence-electron chi connectivity index (χ2n) is 16.9. The molecule has 7 N–H and O–H groups in total. The van der Waals surface area contributed by atoms with Crippen LogP contribution in [0.15, 0.2) is 36.4 Å². The van der Waals surface area contributed by atoms with E-state index in [2.05, 4.69) is 31.0 Å². The summed E-state index contributed by atoms with van der Waals surface area (Å²) in [6.45, 7) is 11.9. The molecule has 22 heteroatoms. The topological polar surface area (TPSA) is 276 Å². The number of aryl methyl sites for hydroxylation is 5. The van der Waals surface area contributed by atoms with Gasteiger partial charge < -0.3 is 40.1 Å². The van der Waals surface area contributed by atoms with Crippen molar-refractivity contribution >= 4 is 63.5 Å². The van der Waals surface area contributed by atoms with Crippen molar-refractivity contribution in [2.45, 2.75) is 72.6 Å². The molecule has 2 aromatic carbocycles. The monoisotopic (exact) mass is 920 g/mol. The van der Waals surface area contributed by atoms with Crippen molar-refractivity contribution in [2.24, 2.45) is 17.4 Å². The number of likely N-dealkylation sites (tertiary alicyclic amines) is 1. The van der Waals surface area contributed by atoms with Crippen molar-refractivity contribution in [3.05, 3.63) is 70.3 Å². The summed E-state index contributed by atoms with van der Waals surface area (Å²) in [4.78, 5) is 76.9. The fourth-order valence-corrected chi connectivity index (χ4v) is 8.80. The Morgan fingerprint density at radius 1 is 0.806 bits per heavy atom. The van der Waals surface area contributed by atoms with Crippen molar-refractivity contribution in [2.75, 3.05) is 63.7 Å². The van der Waals surface area contributed by atoms with E-state index in [1.165, 1.54) is 0 Å². The lowest BCUT2D eigenvalue weighted by atomic mass is 10.0. The highest BCUT2D eigenvalue weighted by Gasteiger charge is 2.31. The van der Waals surface area contributed by atoms with Crippen molar-refractivity contribution in [1.82, 2.24) is 48.9 Å². The zero-order chi connectivity index (χ0) is 47.5. The van der Waals surface area contributed by atoms with E-state index in [9.17, 15) is 24.0 Å². The number of nitrogens with one attached hydrogen (secondary N) is 3. The fraction of sp³-hybridized carbons (Fsp3) is 0.444. The molecule has 0 unspecified atom stereocenters. The minimum atomic E-state index is -0.690. The number of anilines is 2. The number of methoxy groups -OCH3 is 1. The minimum Gasteiger partial charge on any atom is -0.491 e. The smallest absolute Gasteiger partial charge is 0.276 e. The number of primary amides is 2. The van der Waals surface area contributed by atoms with E-state index < -0.39 is 23.6 Å². The van der Waals surface area contributed by atoms with Crippen LogP contribution in [-0.2, 0) is 29.2 Å². The Labute approximate surface area is 385 Å². The standard InChI is InChI=1S/C45H56N14O8/c1-6-57-33(14-25(3)53-57)42(63)51-44-49-31-16-28(40(46)61)18-35(66-13-9-11-48-37(60)22-55-20-27(21-55)23-65-5)38(31)56(44)12-8-10-30-24-67-36-19-29(41(47)62)17-32-39(36)59(30)45(50-32)52-43(64)34-15-26(4)54-58(34)7-2/h14-19,27,30H,6-13,20-24H2,1-5H3,(H2,46,61)(H2,47,62)(H,48,60)(H,49,51,63)(H,50,52,64)/t30-/m0/s1. The van der Waals surface area contributed by atoms with E-state index in [-0.39, 0.29) is 48.2 Å². The van der Waals surface area contributed by atoms with Crippen LogP contribution in [0, 0.1) is 19.8 Å². The Balaban J connectivity index is 1.07. The van der Waals surface area contributed by atoms with Gasteiger partial charge in [-0.05, 0) is 83.4 Å². The first kappa shape index (κ1) is 46.2. The highest BCUT2D eigenvalue weighted by molar-refractivity contribution is 6.05. The van der Waals surface area contributed by atoms with Crippen LogP contribution in [0.2, 0.25) is 0 Å². The normalized spacial score (nSPS) is 14.8. The molecule has 6 aromatic rings. The maximum atomic E-state index is 13.9. The highest BCUT2D eigenvalue weighted by Crippen LogP contribution is 2.39. The summed E-state index contributed by atoms with van der Waals surface area (Å²) in [7, 11) is 1.67. The van der Waals surface area contributed by atoms with Crippen molar-refractivity contribution in [3.8, 4) is 11.5 Å². The van der Waals surface area contributed by atoms with Gasteiger partial charge in [-0.2, -0.15) is 10.2 Å². The van der Waals surface area contributed by atoms with Gasteiger partial charge in [0.05, 0.1) is 48.2 Å². The molecule has 5 amide bonds. The molecule has 2 aliphatic heterocycles. The molecule has 1 atom stereocenters. The summed E-state index contributed by atoms with van der Waals surface area (Å²) in [5.74, 6) is -0.669. The minimum absolute atomic E-state index is 0.0840. The third-order valence-corrected chi connectivity index (χ3v) is 11.9. The van der Waals surface area contributed by atoms with E-state index in [1.807, 2.05) is 29.9 Å². The van der Waals surface area contributed by atoms with E-state index in [0.29, 0.717) is 121 Å².